The average Bonchev–Trinajstić information content (AvgIpc) is 2.84. The third-order valence-electron chi connectivity index (χ3n) is 2.63. The summed E-state index contributed by atoms with van der Waals surface area (Å²) in [5, 5.41) is 18.1. The molecule has 17 heavy (non-hydrogen) atoms. The van der Waals surface area contributed by atoms with Gasteiger partial charge in [0.25, 0.3) is 10.0 Å². The van der Waals surface area contributed by atoms with Crippen molar-refractivity contribution in [2.24, 2.45) is 0 Å². The van der Waals surface area contributed by atoms with Gasteiger partial charge in [0.2, 0.25) is 5.09 Å². The van der Waals surface area contributed by atoms with Crippen LogP contribution in [0, 0.1) is 0 Å². The standard InChI is InChI=1S/C9H11NO6S/c11-6-3-4-10(8(6)9(12)13)17(14,15)7-2-1-5-16-7/h1-2,5-6,8,11H,3-4H2,(H,12,13)/t6-,8-/m0/s1. The van der Waals surface area contributed by atoms with Crippen LogP contribution in [0.4, 0.5) is 0 Å². The number of rotatable bonds is 3. The summed E-state index contributed by atoms with van der Waals surface area (Å²) in [5.41, 5.74) is 0. The maximum Gasteiger partial charge on any atom is 0.324 e. The van der Waals surface area contributed by atoms with E-state index in [0.717, 1.165) is 4.31 Å². The minimum absolute atomic E-state index is 0.0405. The smallest absolute Gasteiger partial charge is 0.324 e. The first-order valence-electron chi connectivity index (χ1n) is 4.91. The summed E-state index contributed by atoms with van der Waals surface area (Å²) in [6, 6.07) is 1.18. The van der Waals surface area contributed by atoms with E-state index in [1.807, 2.05) is 0 Å². The molecule has 7 nitrogen and oxygen atoms in total. The molecule has 0 amide bonds. The van der Waals surface area contributed by atoms with E-state index in [1.165, 1.54) is 18.4 Å². The molecule has 0 unspecified atom stereocenters. The van der Waals surface area contributed by atoms with E-state index in [-0.39, 0.29) is 18.1 Å². The van der Waals surface area contributed by atoms with Crippen molar-refractivity contribution in [2.75, 3.05) is 6.54 Å². The summed E-state index contributed by atoms with van der Waals surface area (Å²) in [5.74, 6) is -1.37. The Kier molecular flexibility index (Phi) is 2.94. The molecule has 1 fully saturated rings. The van der Waals surface area contributed by atoms with Crippen LogP contribution in [0.15, 0.2) is 27.9 Å². The molecule has 1 saturated heterocycles. The number of carboxylic acid groups (broad SMARTS) is 1. The van der Waals surface area contributed by atoms with Gasteiger partial charge in [-0.25, -0.2) is 8.42 Å². The molecule has 1 aliphatic heterocycles. The van der Waals surface area contributed by atoms with Crippen molar-refractivity contribution in [3.63, 3.8) is 0 Å². The molecule has 1 aromatic rings. The summed E-state index contributed by atoms with van der Waals surface area (Å²) >= 11 is 0. The number of carboxylic acids is 1. The zero-order valence-electron chi connectivity index (χ0n) is 8.68. The fourth-order valence-electron chi connectivity index (χ4n) is 1.83. The van der Waals surface area contributed by atoms with Gasteiger partial charge in [0, 0.05) is 6.54 Å². The predicted molar refractivity (Wildman–Crippen MR) is 54.6 cm³/mol. The molecule has 1 aromatic heterocycles. The van der Waals surface area contributed by atoms with E-state index in [9.17, 15) is 18.3 Å². The Morgan fingerprint density at radius 1 is 1.53 bits per heavy atom. The van der Waals surface area contributed by atoms with Gasteiger partial charge in [-0.1, -0.05) is 0 Å². The van der Waals surface area contributed by atoms with Crippen LogP contribution in [0.25, 0.3) is 0 Å². The van der Waals surface area contributed by atoms with E-state index in [4.69, 9.17) is 9.52 Å². The molecule has 0 aromatic carbocycles. The van der Waals surface area contributed by atoms with Crippen LogP contribution >= 0.6 is 0 Å². The number of aliphatic hydroxyl groups excluding tert-OH is 1. The van der Waals surface area contributed by atoms with E-state index in [1.54, 1.807) is 0 Å². The lowest BCUT2D eigenvalue weighted by atomic mass is 10.2. The number of furan rings is 1. The van der Waals surface area contributed by atoms with E-state index in [2.05, 4.69) is 0 Å². The second kappa shape index (κ2) is 4.13. The number of nitrogens with zero attached hydrogens (tertiary/aromatic N) is 1. The highest BCUT2D eigenvalue weighted by Crippen LogP contribution is 2.26. The van der Waals surface area contributed by atoms with Crippen molar-refractivity contribution in [1.29, 1.82) is 0 Å². The molecule has 0 spiro atoms. The Balaban J connectivity index is 2.38. The van der Waals surface area contributed by atoms with E-state index < -0.39 is 28.1 Å². The Morgan fingerprint density at radius 2 is 2.24 bits per heavy atom. The quantitative estimate of drug-likeness (QED) is 0.758. The molecule has 2 N–H and O–H groups in total. The van der Waals surface area contributed by atoms with Gasteiger partial charge in [0.05, 0.1) is 12.4 Å². The first-order valence-corrected chi connectivity index (χ1v) is 6.35. The highest BCUT2D eigenvalue weighted by atomic mass is 32.2. The van der Waals surface area contributed by atoms with Crippen LogP contribution in [0.2, 0.25) is 0 Å². The van der Waals surface area contributed by atoms with Crippen molar-refractivity contribution >= 4 is 16.0 Å². The molecular weight excluding hydrogens is 250 g/mol. The highest BCUT2D eigenvalue weighted by molar-refractivity contribution is 7.89. The highest BCUT2D eigenvalue weighted by Gasteiger charge is 2.46. The number of sulfonamides is 1. The van der Waals surface area contributed by atoms with Crippen LogP contribution in [0.1, 0.15) is 6.42 Å². The summed E-state index contributed by atoms with van der Waals surface area (Å²) in [7, 11) is -4.00. The summed E-state index contributed by atoms with van der Waals surface area (Å²) < 4.78 is 29.5. The zero-order valence-corrected chi connectivity index (χ0v) is 9.50. The van der Waals surface area contributed by atoms with Crippen molar-refractivity contribution in [3.05, 3.63) is 18.4 Å². The summed E-state index contributed by atoms with van der Waals surface area (Å²) in [6.45, 7) is -0.0405. The minimum atomic E-state index is -4.00. The molecule has 8 heteroatoms. The Hall–Kier alpha value is -1.38. The van der Waals surface area contributed by atoms with Crippen LogP contribution in [0.3, 0.4) is 0 Å². The van der Waals surface area contributed by atoms with Gasteiger partial charge in [-0.2, -0.15) is 4.31 Å². The third kappa shape index (κ3) is 1.94. The second-order valence-corrected chi connectivity index (χ2v) is 5.51. The van der Waals surface area contributed by atoms with Gasteiger partial charge in [-0.05, 0) is 18.6 Å². The molecule has 0 saturated carbocycles. The lowest BCUT2D eigenvalue weighted by Gasteiger charge is -2.20. The van der Waals surface area contributed by atoms with Crippen LogP contribution < -0.4 is 0 Å². The Bertz CT molecular complexity index is 508. The second-order valence-electron chi connectivity index (χ2n) is 3.69. The SMILES string of the molecule is O=C(O)[C@@H]1[C@@H](O)CCN1S(=O)(=O)c1ccco1. The molecule has 0 bridgehead atoms. The van der Waals surface area contributed by atoms with Gasteiger partial charge >= 0.3 is 5.97 Å². The molecule has 0 radical (unpaired) electrons. The lowest BCUT2D eigenvalue weighted by Crippen LogP contribution is -2.44. The lowest BCUT2D eigenvalue weighted by molar-refractivity contribution is -0.143. The molecule has 2 heterocycles. The van der Waals surface area contributed by atoms with Crippen molar-refractivity contribution in [3.8, 4) is 0 Å². The zero-order chi connectivity index (χ0) is 12.6. The largest absolute Gasteiger partial charge is 0.480 e. The minimum Gasteiger partial charge on any atom is -0.480 e. The third-order valence-corrected chi connectivity index (χ3v) is 4.40. The molecular formula is C9H11NO6S. The number of hydrogen-bond acceptors (Lipinski definition) is 5. The Labute approximate surface area is 97.3 Å². The van der Waals surface area contributed by atoms with E-state index in [0.29, 0.717) is 0 Å². The molecule has 0 aliphatic carbocycles. The van der Waals surface area contributed by atoms with Crippen molar-refractivity contribution < 1.29 is 27.8 Å². The molecule has 94 valence electrons. The van der Waals surface area contributed by atoms with Crippen LogP contribution in [-0.2, 0) is 14.8 Å². The van der Waals surface area contributed by atoms with Crippen LogP contribution in [-0.4, -0.2) is 47.6 Å². The maximum atomic E-state index is 12.0. The predicted octanol–water partition coefficient (Wildman–Crippen LogP) is -0.512. The van der Waals surface area contributed by atoms with Gasteiger partial charge in [-0.15, -0.1) is 0 Å². The first-order chi connectivity index (χ1) is 7.94. The fourth-order valence-corrected chi connectivity index (χ4v) is 3.37. The average molecular weight is 261 g/mol. The Morgan fingerprint density at radius 3 is 2.76 bits per heavy atom. The molecule has 2 atom stereocenters. The number of hydrogen-bond donors (Lipinski definition) is 2. The molecule has 2 rings (SSSR count). The first kappa shape index (κ1) is 12.1. The fraction of sp³-hybridized carbons (Fsp3) is 0.444. The summed E-state index contributed by atoms with van der Waals surface area (Å²) in [4.78, 5) is 10.9. The number of aliphatic carboxylic acids is 1. The van der Waals surface area contributed by atoms with Gasteiger partial charge in [0.1, 0.15) is 6.04 Å². The summed E-state index contributed by atoms with van der Waals surface area (Å²) in [6.07, 6.45) is 0.0868. The van der Waals surface area contributed by atoms with Gasteiger partial charge in [-0.3, -0.25) is 4.79 Å². The monoisotopic (exact) mass is 261 g/mol. The normalized spacial score (nSPS) is 26.2. The van der Waals surface area contributed by atoms with Crippen LogP contribution in [0.5, 0.6) is 0 Å². The topological polar surface area (TPSA) is 108 Å². The van der Waals surface area contributed by atoms with Crippen molar-refractivity contribution in [1.82, 2.24) is 4.31 Å². The van der Waals surface area contributed by atoms with Gasteiger partial charge < -0.3 is 14.6 Å². The maximum absolute atomic E-state index is 12.0. The van der Waals surface area contributed by atoms with Gasteiger partial charge in [0.15, 0.2) is 0 Å². The van der Waals surface area contributed by atoms with E-state index >= 15 is 0 Å². The number of carbonyl (C=O) groups is 1. The number of aliphatic hydroxyl groups is 1. The van der Waals surface area contributed by atoms with Crippen molar-refractivity contribution in [2.45, 2.75) is 23.7 Å². The molecule has 1 aliphatic rings.